The van der Waals surface area contributed by atoms with Crippen molar-refractivity contribution < 1.29 is 31.5 Å². The van der Waals surface area contributed by atoms with Crippen LogP contribution in [0.25, 0.3) is 0 Å². The zero-order chi connectivity index (χ0) is 20.6. The van der Waals surface area contributed by atoms with Gasteiger partial charge in [0, 0.05) is 37.4 Å². The van der Waals surface area contributed by atoms with E-state index in [2.05, 4.69) is 0 Å². The second-order valence-corrected chi connectivity index (χ2v) is 9.78. The summed E-state index contributed by atoms with van der Waals surface area (Å²) in [7, 11) is -3.46. The first-order valence-electron chi connectivity index (χ1n) is 9.82. The Kier molecular flexibility index (Phi) is 5.52. The lowest BCUT2D eigenvalue weighted by Gasteiger charge is -2.43. The van der Waals surface area contributed by atoms with Crippen molar-refractivity contribution in [1.29, 1.82) is 0 Å². The van der Waals surface area contributed by atoms with Gasteiger partial charge in [0.25, 0.3) is 0 Å². The summed E-state index contributed by atoms with van der Waals surface area (Å²) in [5.74, 6) is -1.31. The molecule has 0 aromatic heterocycles. The molecule has 3 aliphatic heterocycles. The van der Waals surface area contributed by atoms with Crippen LogP contribution in [0.1, 0.15) is 36.8 Å². The molecule has 1 aromatic rings. The van der Waals surface area contributed by atoms with E-state index in [1.165, 1.54) is 9.21 Å². The SMILES string of the molecule is O=C1OCCN1C1(c2cc(F)c(CN3CCCCS3(=O)=O)cc2F)CCOCC1. The second kappa shape index (κ2) is 7.81. The lowest BCUT2D eigenvalue weighted by atomic mass is 9.80. The maximum Gasteiger partial charge on any atom is 0.410 e. The number of carbonyl (C=O) groups excluding carboxylic acids is 1. The van der Waals surface area contributed by atoms with Crippen LogP contribution in [0.4, 0.5) is 13.6 Å². The van der Waals surface area contributed by atoms with Crippen molar-refractivity contribution in [1.82, 2.24) is 9.21 Å². The molecule has 0 N–H and O–H groups in total. The van der Waals surface area contributed by atoms with E-state index in [0.29, 0.717) is 52.0 Å². The number of rotatable bonds is 4. The fraction of sp³-hybridized carbons (Fsp3) is 0.632. The molecule has 0 unspecified atom stereocenters. The number of carbonyl (C=O) groups is 1. The summed E-state index contributed by atoms with van der Waals surface area (Å²) in [6.45, 7) is 1.24. The number of cyclic esters (lactones) is 1. The van der Waals surface area contributed by atoms with Crippen LogP contribution in [-0.2, 0) is 31.6 Å². The van der Waals surface area contributed by atoms with E-state index in [1.807, 2.05) is 0 Å². The number of halogens is 2. The van der Waals surface area contributed by atoms with Crippen LogP contribution >= 0.6 is 0 Å². The van der Waals surface area contributed by atoms with Crippen LogP contribution in [0.3, 0.4) is 0 Å². The van der Waals surface area contributed by atoms with E-state index in [9.17, 15) is 17.6 Å². The molecule has 0 atom stereocenters. The second-order valence-electron chi connectivity index (χ2n) is 7.69. The van der Waals surface area contributed by atoms with Gasteiger partial charge >= 0.3 is 6.09 Å². The largest absolute Gasteiger partial charge is 0.448 e. The molecule has 10 heteroatoms. The molecule has 3 heterocycles. The number of amides is 1. The molecule has 1 aromatic carbocycles. The Morgan fingerprint density at radius 2 is 1.79 bits per heavy atom. The van der Waals surface area contributed by atoms with Gasteiger partial charge in [-0.3, -0.25) is 4.90 Å². The number of hydrogen-bond acceptors (Lipinski definition) is 5. The molecular weight excluding hydrogens is 406 g/mol. The highest BCUT2D eigenvalue weighted by atomic mass is 32.2. The minimum Gasteiger partial charge on any atom is -0.448 e. The van der Waals surface area contributed by atoms with Crippen LogP contribution in [0.15, 0.2) is 12.1 Å². The monoisotopic (exact) mass is 430 g/mol. The van der Waals surface area contributed by atoms with E-state index in [1.54, 1.807) is 0 Å². The zero-order valence-electron chi connectivity index (χ0n) is 16.0. The van der Waals surface area contributed by atoms with Crippen molar-refractivity contribution >= 4 is 16.1 Å². The summed E-state index contributed by atoms with van der Waals surface area (Å²) in [6, 6.07) is 2.17. The third-order valence-corrected chi connectivity index (χ3v) is 7.94. The van der Waals surface area contributed by atoms with Gasteiger partial charge in [-0.25, -0.2) is 22.0 Å². The molecule has 160 valence electrons. The summed E-state index contributed by atoms with van der Waals surface area (Å²) in [5.41, 5.74) is -0.961. The van der Waals surface area contributed by atoms with Gasteiger partial charge in [-0.1, -0.05) is 0 Å². The van der Waals surface area contributed by atoms with Crippen LogP contribution in [-0.4, -0.2) is 62.4 Å². The topological polar surface area (TPSA) is 76.2 Å². The Morgan fingerprint density at radius 3 is 2.45 bits per heavy atom. The Bertz CT molecular complexity index is 902. The molecule has 4 rings (SSSR count). The fourth-order valence-electron chi connectivity index (χ4n) is 4.45. The first kappa shape index (κ1) is 20.5. The van der Waals surface area contributed by atoms with Gasteiger partial charge in [0.1, 0.15) is 18.2 Å². The number of nitrogens with zero attached hydrogens (tertiary/aromatic N) is 2. The highest BCUT2D eigenvalue weighted by molar-refractivity contribution is 7.89. The lowest BCUT2D eigenvalue weighted by Crippen LogP contribution is -2.50. The third kappa shape index (κ3) is 3.73. The Labute approximate surface area is 168 Å². The summed E-state index contributed by atoms with van der Waals surface area (Å²) in [5, 5.41) is 0. The van der Waals surface area contributed by atoms with Gasteiger partial charge < -0.3 is 9.47 Å². The number of ether oxygens (including phenoxy) is 2. The molecule has 0 aliphatic carbocycles. The van der Waals surface area contributed by atoms with Crippen LogP contribution in [0, 0.1) is 11.6 Å². The number of hydrogen-bond donors (Lipinski definition) is 0. The van der Waals surface area contributed by atoms with Gasteiger partial charge in [0.05, 0.1) is 17.8 Å². The van der Waals surface area contributed by atoms with Crippen molar-refractivity contribution in [3.63, 3.8) is 0 Å². The van der Waals surface area contributed by atoms with Crippen molar-refractivity contribution in [3.05, 3.63) is 34.9 Å². The molecule has 0 bridgehead atoms. The average molecular weight is 430 g/mol. The fourth-order valence-corrected chi connectivity index (χ4v) is 6.02. The molecular formula is C19H24F2N2O5S. The van der Waals surface area contributed by atoms with Gasteiger partial charge in [-0.15, -0.1) is 0 Å². The molecule has 3 saturated heterocycles. The van der Waals surface area contributed by atoms with Gasteiger partial charge in [-0.05, 0) is 37.8 Å². The van der Waals surface area contributed by atoms with Crippen LogP contribution in [0.5, 0.6) is 0 Å². The van der Waals surface area contributed by atoms with Crippen molar-refractivity contribution in [2.45, 2.75) is 37.8 Å². The van der Waals surface area contributed by atoms with Crippen LogP contribution in [0.2, 0.25) is 0 Å². The molecule has 3 fully saturated rings. The van der Waals surface area contributed by atoms with Crippen molar-refractivity contribution in [2.75, 3.05) is 38.7 Å². The highest BCUT2D eigenvalue weighted by Crippen LogP contribution is 2.42. The Morgan fingerprint density at radius 1 is 1.03 bits per heavy atom. The summed E-state index contributed by atoms with van der Waals surface area (Å²) in [6.07, 6.45) is 1.39. The molecule has 3 aliphatic rings. The van der Waals surface area contributed by atoms with Gasteiger partial charge in [0.2, 0.25) is 10.0 Å². The predicted molar refractivity (Wildman–Crippen MR) is 99.6 cm³/mol. The standard InChI is InChI=1S/C19H24F2N2O5S/c20-16-12-15(19(3-7-27-8-4-19)23-6-9-28-18(23)24)17(21)11-14(16)13-22-5-1-2-10-29(22,25)26/h11-12H,1-10,13H2. The number of benzene rings is 1. The maximum absolute atomic E-state index is 15.2. The number of sulfonamides is 1. The first-order valence-corrected chi connectivity index (χ1v) is 11.4. The summed E-state index contributed by atoms with van der Waals surface area (Å²) < 4.78 is 66.2. The van der Waals surface area contributed by atoms with Gasteiger partial charge in [0.15, 0.2) is 0 Å². The average Bonchev–Trinajstić information content (AvgIpc) is 3.13. The highest BCUT2D eigenvalue weighted by Gasteiger charge is 2.47. The van der Waals surface area contributed by atoms with E-state index in [0.717, 1.165) is 12.1 Å². The summed E-state index contributed by atoms with van der Waals surface area (Å²) in [4.78, 5) is 13.7. The molecule has 0 saturated carbocycles. The molecule has 0 radical (unpaired) electrons. The van der Waals surface area contributed by atoms with E-state index < -0.39 is 33.3 Å². The van der Waals surface area contributed by atoms with E-state index in [4.69, 9.17) is 9.47 Å². The van der Waals surface area contributed by atoms with E-state index in [-0.39, 0.29) is 30.0 Å². The normalized spacial score (nSPS) is 24.5. The molecule has 7 nitrogen and oxygen atoms in total. The first-order chi connectivity index (χ1) is 13.8. The predicted octanol–water partition coefficient (Wildman–Crippen LogP) is 2.35. The molecule has 0 spiro atoms. The quantitative estimate of drug-likeness (QED) is 0.733. The van der Waals surface area contributed by atoms with Crippen molar-refractivity contribution in [3.8, 4) is 0 Å². The van der Waals surface area contributed by atoms with E-state index >= 15 is 4.39 Å². The van der Waals surface area contributed by atoms with Crippen molar-refractivity contribution in [2.24, 2.45) is 0 Å². The van der Waals surface area contributed by atoms with Crippen LogP contribution < -0.4 is 0 Å². The third-order valence-electron chi connectivity index (χ3n) is 6.03. The minimum absolute atomic E-state index is 0.0112. The van der Waals surface area contributed by atoms with Gasteiger partial charge in [-0.2, -0.15) is 4.31 Å². The Balaban J connectivity index is 1.69. The Hall–Kier alpha value is -1.78. The molecule has 1 amide bonds. The zero-order valence-corrected chi connectivity index (χ0v) is 16.8. The molecule has 29 heavy (non-hydrogen) atoms. The minimum atomic E-state index is -3.46. The lowest BCUT2D eigenvalue weighted by molar-refractivity contribution is -0.0108. The summed E-state index contributed by atoms with van der Waals surface area (Å²) >= 11 is 0. The smallest absolute Gasteiger partial charge is 0.410 e. The maximum atomic E-state index is 15.2.